The maximum absolute atomic E-state index is 12.8. The van der Waals surface area contributed by atoms with Gasteiger partial charge in [-0.25, -0.2) is 0 Å². The topological polar surface area (TPSA) is 213 Å². The van der Waals surface area contributed by atoms with Crippen molar-refractivity contribution in [1.29, 1.82) is 0 Å². The molecule has 2 heterocycles. The number of nitrogens with two attached hydrogens (primary N) is 1. The molecule has 7 rings (SSSR count). The fourth-order valence-corrected chi connectivity index (χ4v) is 11.2. The second-order valence-electron chi connectivity index (χ2n) is 19.8. The summed E-state index contributed by atoms with van der Waals surface area (Å²) in [6, 6.07) is 24.2. The largest absolute Gasteiger partial charge is 0.508 e. The molecule has 3 aromatic carbocycles. The van der Waals surface area contributed by atoms with Crippen LogP contribution in [0.4, 0.5) is 0 Å². The molecule has 0 amide bonds. The predicted octanol–water partition coefficient (Wildman–Crippen LogP) is 9.79. The normalized spacial score (nSPS) is 24.1. The third-order valence-electron chi connectivity index (χ3n) is 14.8. The van der Waals surface area contributed by atoms with Gasteiger partial charge in [-0.15, -0.1) is 0 Å². The van der Waals surface area contributed by atoms with Gasteiger partial charge in [-0.2, -0.15) is 0 Å². The van der Waals surface area contributed by atoms with E-state index >= 15 is 0 Å². The number of aliphatic carboxylic acids is 1. The second-order valence-corrected chi connectivity index (χ2v) is 19.8. The second kappa shape index (κ2) is 23.1. The molecular formula is C56H73N3O8. The zero-order valence-electron chi connectivity index (χ0n) is 39.1. The number of hydrogen-bond acceptors (Lipinski definition) is 9. The molecule has 9 atom stereocenters. The average molecular weight is 916 g/mol. The van der Waals surface area contributed by atoms with Gasteiger partial charge in [0.05, 0.1) is 41.3 Å². The van der Waals surface area contributed by atoms with Crippen LogP contribution in [0, 0.1) is 29.6 Å². The van der Waals surface area contributed by atoms with Gasteiger partial charge in [-0.1, -0.05) is 124 Å². The molecule has 2 aliphatic carbocycles. The molecule has 1 aliphatic heterocycles. The predicted molar refractivity (Wildman–Crippen MR) is 264 cm³/mol. The van der Waals surface area contributed by atoms with Gasteiger partial charge in [0.25, 0.3) is 0 Å². The Morgan fingerprint density at radius 1 is 0.881 bits per heavy atom. The van der Waals surface area contributed by atoms with Crippen molar-refractivity contribution >= 4 is 5.97 Å². The quantitative estimate of drug-likeness (QED) is 0.0251. The van der Waals surface area contributed by atoms with Crippen molar-refractivity contribution < 1.29 is 40.5 Å². The fourth-order valence-electron chi connectivity index (χ4n) is 11.2. The molecule has 0 saturated heterocycles. The van der Waals surface area contributed by atoms with Crippen LogP contribution in [-0.2, 0) is 11.2 Å². The number of aliphatic hydroxyl groups excluding tert-OH is 3. The minimum Gasteiger partial charge on any atom is -0.508 e. The van der Waals surface area contributed by atoms with Crippen LogP contribution in [0.25, 0.3) is 22.4 Å². The van der Waals surface area contributed by atoms with Crippen molar-refractivity contribution in [2.45, 2.75) is 134 Å². The summed E-state index contributed by atoms with van der Waals surface area (Å²) in [6.07, 6.45) is 16.5. The van der Waals surface area contributed by atoms with Crippen molar-refractivity contribution in [2.75, 3.05) is 6.54 Å². The Hall–Kier alpha value is -5.33. The highest BCUT2D eigenvalue weighted by Crippen LogP contribution is 2.52. The average Bonchev–Trinajstić information content (AvgIpc) is 3.90. The van der Waals surface area contributed by atoms with Crippen molar-refractivity contribution in [1.82, 2.24) is 10.3 Å². The number of carboxylic acid groups (broad SMARTS) is 1. The van der Waals surface area contributed by atoms with Crippen LogP contribution in [0.3, 0.4) is 0 Å². The number of unbranched alkanes of at least 4 members (excludes halogenated alkanes) is 4. The Balaban J connectivity index is 1.09. The fraction of sp³-hybridized carbons (Fsp3) is 0.482. The molecule has 1 aromatic heterocycles. The van der Waals surface area contributed by atoms with Crippen LogP contribution >= 0.6 is 0 Å². The van der Waals surface area contributed by atoms with Gasteiger partial charge in [0.15, 0.2) is 0 Å². The highest BCUT2D eigenvalue weighted by atomic mass is 16.4. The van der Waals surface area contributed by atoms with Gasteiger partial charge in [0, 0.05) is 53.3 Å². The summed E-state index contributed by atoms with van der Waals surface area (Å²) >= 11 is 0. The van der Waals surface area contributed by atoms with E-state index < -0.39 is 35.6 Å². The maximum Gasteiger partial charge on any atom is 0.309 e. The number of rotatable bonds is 23. The van der Waals surface area contributed by atoms with Crippen molar-refractivity contribution in [3.63, 3.8) is 0 Å². The van der Waals surface area contributed by atoms with E-state index in [0.29, 0.717) is 79.3 Å². The number of carbonyl (C=O) groups is 1. The lowest BCUT2D eigenvalue weighted by atomic mass is 9.79. The van der Waals surface area contributed by atoms with Gasteiger partial charge in [-0.3, -0.25) is 4.79 Å². The highest BCUT2D eigenvalue weighted by molar-refractivity contribution is 5.85. The van der Waals surface area contributed by atoms with Crippen LogP contribution in [0.1, 0.15) is 126 Å². The number of hydrogen-bond donors (Lipinski definition) is 10. The van der Waals surface area contributed by atoms with Crippen molar-refractivity contribution in [2.24, 2.45) is 35.3 Å². The molecular weight excluding hydrogens is 843 g/mol. The van der Waals surface area contributed by atoms with E-state index in [1.54, 1.807) is 6.07 Å². The lowest BCUT2D eigenvalue weighted by Gasteiger charge is -2.34. The van der Waals surface area contributed by atoms with Gasteiger partial charge in [-0.05, 0) is 105 Å². The third-order valence-corrected chi connectivity index (χ3v) is 14.8. The van der Waals surface area contributed by atoms with E-state index in [0.717, 1.165) is 54.4 Å². The summed E-state index contributed by atoms with van der Waals surface area (Å²) in [6.45, 7) is 2.79. The standard InChI is InChI=1S/C56H73N3O8/c1-2-3-7-14-37-21-22-41(50(62)30-37)19-12-6-13-20-43(55(65)66)49(61)23-25-56(67)35-39(27-38-24-26-58-52(57)31-38)29-47(56)54(64)48-34-44(40-17-10-5-11-18-40)53(59-48)46-32-42(60)33-51(63)45(46)28-36-15-8-4-9-16-36/h4-5,8-11,15-18,21-22,24,31-34,37,39,41,43,47,49-50,54,58-64,67H,2-3,6-7,12-14,19-20,23,25-30,35,57H2,1H3,(H,65,66)/t37-,39-,41-,43+,47+,49-,50-,54+,56+/m1/s1. The molecule has 11 heteroatoms. The van der Waals surface area contributed by atoms with Gasteiger partial charge in [0.2, 0.25) is 0 Å². The number of nitrogens with one attached hydrogen (secondary N) is 2. The summed E-state index contributed by atoms with van der Waals surface area (Å²) in [7, 11) is 0. The number of aromatic hydroxyl groups is 2. The number of allylic oxidation sites excluding steroid dienone is 3. The summed E-state index contributed by atoms with van der Waals surface area (Å²) < 4.78 is 0. The Kier molecular flexibility index (Phi) is 17.1. The molecule has 1 fully saturated rings. The zero-order chi connectivity index (χ0) is 47.5. The third kappa shape index (κ3) is 12.8. The molecule has 67 heavy (non-hydrogen) atoms. The van der Waals surface area contributed by atoms with Crippen LogP contribution < -0.4 is 11.1 Å². The van der Waals surface area contributed by atoms with E-state index in [9.17, 15) is 40.5 Å². The zero-order valence-corrected chi connectivity index (χ0v) is 39.1. The molecule has 360 valence electrons. The van der Waals surface area contributed by atoms with Crippen LogP contribution in [0.5, 0.6) is 11.5 Å². The summed E-state index contributed by atoms with van der Waals surface area (Å²) in [4.78, 5) is 16.1. The van der Waals surface area contributed by atoms with Crippen LogP contribution in [0.2, 0.25) is 0 Å². The molecule has 3 aliphatic rings. The number of phenols is 2. The molecule has 0 radical (unpaired) electrons. The lowest BCUT2D eigenvalue weighted by Crippen LogP contribution is -2.39. The first-order valence-electron chi connectivity index (χ1n) is 24.8. The smallest absolute Gasteiger partial charge is 0.309 e. The van der Waals surface area contributed by atoms with E-state index in [1.165, 1.54) is 25.3 Å². The SMILES string of the molecule is CCCCC[C@@H]1C=C[C@@H](CCCCC[C@H](C(=O)O)[C@H](O)CC[C@]2(O)C[C@H](CC3=CCNC(N)=C3)C[C@H]2[C@H](O)c2cc(-c3ccccc3)c(-c3cc(O)cc(O)c3Cc3ccccc3)[nH]2)[C@H](O)C1. The van der Waals surface area contributed by atoms with E-state index in [4.69, 9.17) is 5.73 Å². The van der Waals surface area contributed by atoms with Crippen molar-refractivity contribution in [3.05, 3.63) is 131 Å². The summed E-state index contributed by atoms with van der Waals surface area (Å²) in [5.41, 5.74) is 10.5. The first-order chi connectivity index (χ1) is 32.3. The summed E-state index contributed by atoms with van der Waals surface area (Å²) in [5.74, 6) is -1.88. The number of benzene rings is 3. The number of dihydropyridines is 1. The first-order valence-corrected chi connectivity index (χ1v) is 24.8. The number of phenolic OH excluding ortho intramolecular Hbond substituents is 2. The van der Waals surface area contributed by atoms with Gasteiger partial charge >= 0.3 is 5.97 Å². The molecule has 4 aromatic rings. The Labute approximate surface area is 396 Å². The number of aliphatic hydroxyl groups is 4. The van der Waals surface area contributed by atoms with Crippen LogP contribution in [-0.4, -0.2) is 71.1 Å². The molecule has 0 unspecified atom stereocenters. The van der Waals surface area contributed by atoms with E-state index in [2.05, 4.69) is 35.5 Å². The number of aromatic nitrogens is 1. The lowest BCUT2D eigenvalue weighted by molar-refractivity contribution is -0.147. The van der Waals surface area contributed by atoms with Crippen molar-refractivity contribution in [3.8, 4) is 33.9 Å². The Morgan fingerprint density at radius 2 is 1.63 bits per heavy atom. The van der Waals surface area contributed by atoms with Gasteiger partial charge in [0.1, 0.15) is 11.5 Å². The molecule has 1 saturated carbocycles. The van der Waals surface area contributed by atoms with Gasteiger partial charge < -0.3 is 51.8 Å². The minimum absolute atomic E-state index is 0.0397. The number of H-pyrrole nitrogens is 1. The first kappa shape index (κ1) is 49.6. The van der Waals surface area contributed by atoms with Crippen LogP contribution in [0.15, 0.2) is 115 Å². The Morgan fingerprint density at radius 3 is 2.34 bits per heavy atom. The minimum atomic E-state index is -1.46. The highest BCUT2D eigenvalue weighted by Gasteiger charge is 2.50. The summed E-state index contributed by atoms with van der Waals surface area (Å²) in [5, 5.41) is 83.2. The molecule has 11 nitrogen and oxygen atoms in total. The maximum atomic E-state index is 12.8. The monoisotopic (exact) mass is 916 g/mol. The Bertz CT molecular complexity index is 2320. The number of carboxylic acids is 1. The van der Waals surface area contributed by atoms with E-state index in [1.807, 2.05) is 72.8 Å². The number of aromatic amines is 1. The molecule has 0 bridgehead atoms. The van der Waals surface area contributed by atoms with E-state index in [-0.39, 0.29) is 42.3 Å². The molecule has 11 N–H and O–H groups in total. The molecule has 0 spiro atoms.